The van der Waals surface area contributed by atoms with Gasteiger partial charge in [0.15, 0.2) is 0 Å². The van der Waals surface area contributed by atoms with Crippen LogP contribution in [-0.4, -0.2) is 12.5 Å². The van der Waals surface area contributed by atoms with Gasteiger partial charge in [-0.15, -0.1) is 0 Å². The van der Waals surface area contributed by atoms with Crippen LogP contribution in [0.1, 0.15) is 30.5 Å². The average Bonchev–Trinajstić information content (AvgIpc) is 3.23. The molecule has 0 fully saturated rings. The van der Waals surface area contributed by atoms with Crippen molar-refractivity contribution in [2.45, 2.75) is 27.7 Å². The largest absolute Gasteiger partial charge is 0.493 e. The van der Waals surface area contributed by atoms with Crippen molar-refractivity contribution in [1.82, 2.24) is 0 Å². The Hall–Kier alpha value is -3.21. The molecule has 1 N–H and O–H groups in total. The molecule has 4 nitrogen and oxygen atoms in total. The maximum atomic E-state index is 12.8. The number of amides is 1. The highest BCUT2D eigenvalue weighted by atomic mass is 35.5. The highest BCUT2D eigenvalue weighted by molar-refractivity contribution is 6.31. The molecule has 0 atom stereocenters. The van der Waals surface area contributed by atoms with Gasteiger partial charge in [0.2, 0.25) is 5.91 Å². The maximum absolute atomic E-state index is 12.8. The van der Waals surface area contributed by atoms with Gasteiger partial charge in [-0.25, -0.2) is 0 Å². The third-order valence-electron chi connectivity index (χ3n) is 5.70. The molecule has 3 aromatic carbocycles. The van der Waals surface area contributed by atoms with Crippen molar-refractivity contribution in [3.63, 3.8) is 0 Å². The molecule has 0 saturated carbocycles. The summed E-state index contributed by atoms with van der Waals surface area (Å²) >= 11 is 12.3. The van der Waals surface area contributed by atoms with Crippen LogP contribution < -0.4 is 10.1 Å². The number of aryl methyl sites for hydroxylation is 2. The van der Waals surface area contributed by atoms with Crippen molar-refractivity contribution in [2.24, 2.45) is 0 Å². The van der Waals surface area contributed by atoms with E-state index in [1.165, 1.54) is 0 Å². The third kappa shape index (κ3) is 4.84. The lowest BCUT2D eigenvalue weighted by atomic mass is 9.96. The van der Waals surface area contributed by atoms with Gasteiger partial charge >= 0.3 is 0 Å². The van der Waals surface area contributed by atoms with Crippen LogP contribution >= 0.6 is 23.2 Å². The quantitative estimate of drug-likeness (QED) is 0.274. The molecule has 6 heteroatoms. The Kier molecular flexibility index (Phi) is 7.01. The van der Waals surface area contributed by atoms with Gasteiger partial charge in [-0.1, -0.05) is 41.4 Å². The molecule has 0 aliphatic heterocycles. The molecule has 0 aliphatic carbocycles. The standard InChI is InChI=1S/C28H25Cl2NO3/c1-5-33-27-18(4)28-23(24(15-34-28)19-7-9-20(29)10-8-19)14-22(27)17(3)12-26(32)31-21-11-6-16(2)25(30)13-21/h6-15H,5H2,1-4H3,(H,31,32)/b17-12+. The van der Waals surface area contributed by atoms with E-state index in [2.05, 4.69) is 5.32 Å². The van der Waals surface area contributed by atoms with E-state index in [4.69, 9.17) is 32.4 Å². The zero-order chi connectivity index (χ0) is 24.4. The molecule has 1 amide bonds. The molecule has 1 heterocycles. The van der Waals surface area contributed by atoms with E-state index in [-0.39, 0.29) is 5.91 Å². The number of halogens is 2. The number of carbonyl (C=O) groups excluding carboxylic acids is 1. The number of furan rings is 1. The summed E-state index contributed by atoms with van der Waals surface area (Å²) < 4.78 is 11.9. The van der Waals surface area contributed by atoms with Crippen LogP contribution in [0.15, 0.2) is 65.3 Å². The second-order valence-corrected chi connectivity index (χ2v) is 8.97. The summed E-state index contributed by atoms with van der Waals surface area (Å²) in [6.45, 7) is 8.20. The first kappa shape index (κ1) is 23.9. The van der Waals surface area contributed by atoms with Crippen LogP contribution in [0.3, 0.4) is 0 Å². The minimum atomic E-state index is -0.247. The predicted molar refractivity (Wildman–Crippen MR) is 141 cm³/mol. The van der Waals surface area contributed by atoms with Gasteiger partial charge in [-0.05, 0) is 74.7 Å². The molecule has 0 bridgehead atoms. The Morgan fingerprint density at radius 3 is 2.50 bits per heavy atom. The molecule has 0 saturated heterocycles. The highest BCUT2D eigenvalue weighted by Gasteiger charge is 2.19. The summed E-state index contributed by atoms with van der Waals surface area (Å²) in [7, 11) is 0. The van der Waals surface area contributed by atoms with Gasteiger partial charge in [-0.3, -0.25) is 4.79 Å². The van der Waals surface area contributed by atoms with Gasteiger partial charge in [-0.2, -0.15) is 0 Å². The molecule has 0 aliphatic rings. The summed E-state index contributed by atoms with van der Waals surface area (Å²) in [5.74, 6) is 0.453. The minimum absolute atomic E-state index is 0.247. The lowest BCUT2D eigenvalue weighted by Crippen LogP contribution is -2.09. The van der Waals surface area contributed by atoms with E-state index >= 15 is 0 Å². The SMILES string of the molecule is CCOc1c(/C(C)=C/C(=O)Nc2ccc(C)c(Cl)c2)cc2c(-c3ccc(Cl)cc3)coc2c1C. The van der Waals surface area contributed by atoms with Crippen molar-refractivity contribution < 1.29 is 13.9 Å². The van der Waals surface area contributed by atoms with E-state index in [1.807, 2.05) is 70.2 Å². The molecule has 0 unspecified atom stereocenters. The van der Waals surface area contributed by atoms with E-state index in [1.54, 1.807) is 18.4 Å². The molecule has 34 heavy (non-hydrogen) atoms. The number of benzene rings is 3. The number of hydrogen-bond acceptors (Lipinski definition) is 3. The van der Waals surface area contributed by atoms with Crippen LogP contribution in [-0.2, 0) is 4.79 Å². The summed E-state index contributed by atoms with van der Waals surface area (Å²) in [5.41, 5.74) is 6.78. The Morgan fingerprint density at radius 1 is 1.09 bits per heavy atom. The molecule has 0 spiro atoms. The van der Waals surface area contributed by atoms with Crippen LogP contribution in [0.5, 0.6) is 5.75 Å². The van der Waals surface area contributed by atoms with E-state index in [0.29, 0.717) is 28.1 Å². The van der Waals surface area contributed by atoms with Crippen molar-refractivity contribution in [3.8, 4) is 16.9 Å². The fourth-order valence-corrected chi connectivity index (χ4v) is 4.22. The third-order valence-corrected chi connectivity index (χ3v) is 6.36. The normalized spacial score (nSPS) is 11.6. The number of anilines is 1. The first-order valence-corrected chi connectivity index (χ1v) is 11.7. The fraction of sp³-hybridized carbons (Fsp3) is 0.179. The lowest BCUT2D eigenvalue weighted by Gasteiger charge is -2.15. The highest BCUT2D eigenvalue weighted by Crippen LogP contribution is 2.41. The first-order chi connectivity index (χ1) is 16.3. The van der Waals surface area contributed by atoms with Crippen LogP contribution in [0.4, 0.5) is 5.69 Å². The van der Waals surface area contributed by atoms with Crippen molar-refractivity contribution in [2.75, 3.05) is 11.9 Å². The summed E-state index contributed by atoms with van der Waals surface area (Å²) in [5, 5.41) is 5.10. The van der Waals surface area contributed by atoms with Gasteiger partial charge in [0.05, 0.1) is 12.9 Å². The van der Waals surface area contributed by atoms with Crippen molar-refractivity contribution in [1.29, 1.82) is 0 Å². The molecule has 0 radical (unpaired) electrons. The smallest absolute Gasteiger partial charge is 0.248 e. The Morgan fingerprint density at radius 2 is 1.82 bits per heavy atom. The average molecular weight is 494 g/mol. The zero-order valence-electron chi connectivity index (χ0n) is 19.5. The number of rotatable bonds is 6. The Balaban J connectivity index is 1.76. The summed E-state index contributed by atoms with van der Waals surface area (Å²) in [6, 6.07) is 15.1. The second-order valence-electron chi connectivity index (χ2n) is 8.12. The topological polar surface area (TPSA) is 51.5 Å². The van der Waals surface area contributed by atoms with Gasteiger partial charge < -0.3 is 14.5 Å². The molecule has 4 rings (SSSR count). The molecular formula is C28H25Cl2NO3. The van der Waals surface area contributed by atoms with Crippen LogP contribution in [0.25, 0.3) is 27.7 Å². The molecule has 174 valence electrons. The lowest BCUT2D eigenvalue weighted by molar-refractivity contribution is -0.111. The number of nitrogens with one attached hydrogen (secondary N) is 1. The van der Waals surface area contributed by atoms with Gasteiger partial charge in [0, 0.05) is 43.9 Å². The number of ether oxygens (including phenoxy) is 1. The summed E-state index contributed by atoms with van der Waals surface area (Å²) in [6.07, 6.45) is 3.31. The minimum Gasteiger partial charge on any atom is -0.493 e. The van der Waals surface area contributed by atoms with Crippen molar-refractivity contribution in [3.05, 3.63) is 87.6 Å². The van der Waals surface area contributed by atoms with E-state index < -0.39 is 0 Å². The van der Waals surface area contributed by atoms with Gasteiger partial charge in [0.1, 0.15) is 11.3 Å². The van der Waals surface area contributed by atoms with Crippen molar-refractivity contribution >= 4 is 51.3 Å². The van der Waals surface area contributed by atoms with E-state index in [0.717, 1.165) is 44.4 Å². The zero-order valence-corrected chi connectivity index (χ0v) is 21.0. The van der Waals surface area contributed by atoms with Crippen LogP contribution in [0.2, 0.25) is 10.0 Å². The number of allylic oxidation sites excluding steroid dienone is 1. The molecule has 4 aromatic rings. The van der Waals surface area contributed by atoms with Crippen LogP contribution in [0, 0.1) is 13.8 Å². The molecule has 1 aromatic heterocycles. The summed E-state index contributed by atoms with van der Waals surface area (Å²) in [4.78, 5) is 12.8. The first-order valence-electron chi connectivity index (χ1n) is 11.0. The number of carbonyl (C=O) groups is 1. The Bertz CT molecular complexity index is 1400. The van der Waals surface area contributed by atoms with E-state index in [9.17, 15) is 4.79 Å². The number of fused-ring (bicyclic) bond motifs is 1. The Labute approximate surface area is 209 Å². The monoisotopic (exact) mass is 493 g/mol. The number of hydrogen-bond donors (Lipinski definition) is 1. The second kappa shape index (κ2) is 9.96. The van der Waals surface area contributed by atoms with Gasteiger partial charge in [0.25, 0.3) is 0 Å². The maximum Gasteiger partial charge on any atom is 0.248 e. The molecular weight excluding hydrogens is 469 g/mol. The fourth-order valence-electron chi connectivity index (χ4n) is 3.92. The predicted octanol–water partition coefficient (Wildman–Crippen LogP) is 8.46.